The van der Waals surface area contributed by atoms with Gasteiger partial charge in [0.05, 0.1) is 18.1 Å². The molecular weight excluding hydrogens is 304 g/mol. The Bertz CT molecular complexity index is 506. The highest BCUT2D eigenvalue weighted by atomic mass is 79.9. The maximum atomic E-state index is 8.97. The zero-order valence-corrected chi connectivity index (χ0v) is 13.0. The number of rotatable bonds is 5. The average molecular weight is 323 g/mol. The van der Waals surface area contributed by atoms with E-state index in [0.717, 1.165) is 42.8 Å². The minimum absolute atomic E-state index is 0.261. The molecule has 19 heavy (non-hydrogen) atoms. The van der Waals surface area contributed by atoms with Crippen LogP contribution in [0, 0.1) is 16.7 Å². The fourth-order valence-electron chi connectivity index (χ4n) is 2.16. The third kappa shape index (κ3) is 3.71. The van der Waals surface area contributed by atoms with E-state index < -0.39 is 0 Å². The van der Waals surface area contributed by atoms with Crippen molar-refractivity contribution in [3.05, 3.63) is 27.7 Å². The van der Waals surface area contributed by atoms with E-state index in [4.69, 9.17) is 10.00 Å². The number of hydrogen-bond donors (Lipinski definition) is 1. The molecule has 0 saturated carbocycles. The largest absolute Gasteiger partial charge is 0.493 e. The van der Waals surface area contributed by atoms with Gasteiger partial charge in [-0.1, -0.05) is 15.9 Å². The minimum Gasteiger partial charge on any atom is -0.493 e. The molecule has 2 rings (SSSR count). The average Bonchev–Trinajstić information content (AvgIpc) is 2.82. The van der Waals surface area contributed by atoms with Gasteiger partial charge in [-0.15, -0.1) is 0 Å². The Labute approximate surface area is 123 Å². The van der Waals surface area contributed by atoms with Gasteiger partial charge in [0.25, 0.3) is 0 Å². The Kier molecular flexibility index (Phi) is 4.49. The summed E-state index contributed by atoms with van der Waals surface area (Å²) in [6, 6.07) is 6.55. The molecule has 0 radical (unpaired) electrons. The van der Waals surface area contributed by atoms with Gasteiger partial charge in [0, 0.05) is 23.0 Å². The van der Waals surface area contributed by atoms with E-state index in [2.05, 4.69) is 39.4 Å². The van der Waals surface area contributed by atoms with Crippen LogP contribution in [0.5, 0.6) is 5.75 Å². The smallest absolute Gasteiger partial charge is 0.127 e. The fraction of sp³-hybridized carbons (Fsp3) is 0.533. The van der Waals surface area contributed by atoms with Gasteiger partial charge in [-0.2, -0.15) is 5.26 Å². The molecule has 4 heteroatoms. The van der Waals surface area contributed by atoms with Crippen LogP contribution in [0.15, 0.2) is 16.6 Å². The SMILES string of the molecule is CC(C)(C#N)CCNCc1cc(Br)cc2c1OCC2. The quantitative estimate of drug-likeness (QED) is 0.845. The first-order valence-electron chi connectivity index (χ1n) is 6.58. The van der Waals surface area contributed by atoms with Crippen LogP contribution in [-0.4, -0.2) is 13.2 Å². The molecule has 0 amide bonds. The molecule has 1 aromatic rings. The Hall–Kier alpha value is -1.05. The third-order valence-corrected chi connectivity index (χ3v) is 3.83. The molecule has 1 heterocycles. The van der Waals surface area contributed by atoms with Crippen molar-refractivity contribution in [3.63, 3.8) is 0 Å². The lowest BCUT2D eigenvalue weighted by molar-refractivity contribution is 0.351. The first-order chi connectivity index (χ1) is 9.02. The fourth-order valence-corrected chi connectivity index (χ4v) is 2.71. The van der Waals surface area contributed by atoms with Crippen LogP contribution in [0.1, 0.15) is 31.4 Å². The summed E-state index contributed by atoms with van der Waals surface area (Å²) in [5.74, 6) is 1.04. The van der Waals surface area contributed by atoms with E-state index in [9.17, 15) is 0 Å². The van der Waals surface area contributed by atoms with Crippen LogP contribution in [-0.2, 0) is 13.0 Å². The highest BCUT2D eigenvalue weighted by Crippen LogP contribution is 2.32. The lowest BCUT2D eigenvalue weighted by Gasteiger charge is -2.16. The molecule has 0 unspecified atom stereocenters. The van der Waals surface area contributed by atoms with E-state index in [1.54, 1.807) is 0 Å². The van der Waals surface area contributed by atoms with Crippen LogP contribution in [0.3, 0.4) is 0 Å². The molecule has 0 atom stereocenters. The van der Waals surface area contributed by atoms with Crippen molar-refractivity contribution in [2.75, 3.05) is 13.2 Å². The molecule has 0 saturated heterocycles. The Morgan fingerprint density at radius 1 is 1.47 bits per heavy atom. The number of halogens is 1. The third-order valence-electron chi connectivity index (χ3n) is 3.37. The summed E-state index contributed by atoms with van der Waals surface area (Å²) in [6.07, 6.45) is 1.84. The van der Waals surface area contributed by atoms with Gasteiger partial charge in [0.15, 0.2) is 0 Å². The summed E-state index contributed by atoms with van der Waals surface area (Å²) in [4.78, 5) is 0. The molecule has 0 fully saturated rings. The van der Waals surface area contributed by atoms with E-state index in [0.29, 0.717) is 0 Å². The van der Waals surface area contributed by atoms with Crippen molar-refractivity contribution in [1.82, 2.24) is 5.32 Å². The normalized spacial score (nSPS) is 13.8. The van der Waals surface area contributed by atoms with Crippen molar-refractivity contribution in [3.8, 4) is 11.8 Å². The summed E-state index contributed by atoms with van der Waals surface area (Å²) >= 11 is 3.54. The molecule has 1 N–H and O–H groups in total. The lowest BCUT2D eigenvalue weighted by Crippen LogP contribution is -2.21. The van der Waals surface area contributed by atoms with Crippen molar-refractivity contribution in [1.29, 1.82) is 5.26 Å². The second kappa shape index (κ2) is 5.94. The second-order valence-electron chi connectivity index (χ2n) is 5.57. The summed E-state index contributed by atoms with van der Waals surface area (Å²) < 4.78 is 6.79. The number of nitrogens with zero attached hydrogens (tertiary/aromatic N) is 1. The van der Waals surface area contributed by atoms with Gasteiger partial charge in [0.1, 0.15) is 5.75 Å². The topological polar surface area (TPSA) is 45.0 Å². The van der Waals surface area contributed by atoms with Crippen molar-refractivity contribution < 1.29 is 4.74 Å². The summed E-state index contributed by atoms with van der Waals surface area (Å²) in [5.41, 5.74) is 2.21. The number of fused-ring (bicyclic) bond motifs is 1. The molecule has 0 bridgehead atoms. The van der Waals surface area contributed by atoms with Crippen LogP contribution < -0.4 is 10.1 Å². The summed E-state index contributed by atoms with van der Waals surface area (Å²) in [5, 5.41) is 12.4. The molecule has 0 spiro atoms. The molecule has 0 aromatic heterocycles. The second-order valence-corrected chi connectivity index (χ2v) is 6.49. The first-order valence-corrected chi connectivity index (χ1v) is 7.37. The predicted octanol–water partition coefficient (Wildman–Crippen LogP) is 3.41. The lowest BCUT2D eigenvalue weighted by atomic mass is 9.91. The molecule has 3 nitrogen and oxygen atoms in total. The van der Waals surface area contributed by atoms with Crippen LogP contribution in [0.25, 0.3) is 0 Å². The Morgan fingerprint density at radius 2 is 2.26 bits per heavy atom. The molecule has 102 valence electrons. The number of nitrogens with one attached hydrogen (secondary N) is 1. The van der Waals surface area contributed by atoms with Crippen LogP contribution >= 0.6 is 15.9 Å². The van der Waals surface area contributed by atoms with Crippen molar-refractivity contribution >= 4 is 15.9 Å². The van der Waals surface area contributed by atoms with Crippen molar-refractivity contribution in [2.45, 2.75) is 33.2 Å². The van der Waals surface area contributed by atoms with Crippen LogP contribution in [0.2, 0.25) is 0 Å². The maximum Gasteiger partial charge on any atom is 0.127 e. The molecule has 1 aromatic carbocycles. The molecular formula is C15H19BrN2O. The monoisotopic (exact) mass is 322 g/mol. The van der Waals surface area contributed by atoms with Gasteiger partial charge >= 0.3 is 0 Å². The van der Waals surface area contributed by atoms with Crippen molar-refractivity contribution in [2.24, 2.45) is 5.41 Å². The van der Waals surface area contributed by atoms with Gasteiger partial charge < -0.3 is 10.1 Å². The highest BCUT2D eigenvalue weighted by molar-refractivity contribution is 9.10. The standard InChI is InChI=1S/C15H19BrN2O/c1-15(2,10-17)4-5-18-9-12-8-13(16)7-11-3-6-19-14(11)12/h7-8,18H,3-6,9H2,1-2H3. The van der Waals surface area contributed by atoms with E-state index in [-0.39, 0.29) is 5.41 Å². The molecule has 1 aliphatic heterocycles. The summed E-state index contributed by atoms with van der Waals surface area (Å²) in [7, 11) is 0. The zero-order chi connectivity index (χ0) is 13.9. The van der Waals surface area contributed by atoms with Gasteiger partial charge in [-0.25, -0.2) is 0 Å². The number of ether oxygens (including phenoxy) is 1. The van der Waals surface area contributed by atoms with E-state index in [1.165, 1.54) is 11.1 Å². The number of hydrogen-bond acceptors (Lipinski definition) is 3. The Morgan fingerprint density at radius 3 is 3.00 bits per heavy atom. The first kappa shape index (κ1) is 14.4. The summed E-state index contributed by atoms with van der Waals surface area (Å²) in [6.45, 7) is 6.33. The zero-order valence-electron chi connectivity index (χ0n) is 11.4. The Balaban J connectivity index is 1.92. The predicted molar refractivity (Wildman–Crippen MR) is 79.1 cm³/mol. The highest BCUT2D eigenvalue weighted by Gasteiger charge is 2.18. The maximum absolute atomic E-state index is 8.97. The molecule has 1 aliphatic rings. The van der Waals surface area contributed by atoms with Gasteiger partial charge in [-0.3, -0.25) is 0 Å². The van der Waals surface area contributed by atoms with E-state index in [1.807, 2.05) is 13.8 Å². The molecule has 0 aliphatic carbocycles. The number of benzene rings is 1. The van der Waals surface area contributed by atoms with E-state index >= 15 is 0 Å². The minimum atomic E-state index is -0.261. The van der Waals surface area contributed by atoms with Crippen LogP contribution in [0.4, 0.5) is 0 Å². The van der Waals surface area contributed by atoms with Gasteiger partial charge in [0.2, 0.25) is 0 Å². The number of nitriles is 1. The van der Waals surface area contributed by atoms with Gasteiger partial charge in [-0.05, 0) is 44.5 Å².